The number of hydrogen-bond donors (Lipinski definition) is 0. The molecule has 0 N–H and O–H groups in total. The Bertz CT molecular complexity index is 368. The standard InChI is InChI=1S/C10H12N2O4/c1-11-7(13)3-5-6(4-8(11)14)10(16)12(2)9(5)15/h5-6H,3-4H2,1-2H3. The van der Waals surface area contributed by atoms with Gasteiger partial charge in [0.1, 0.15) is 0 Å². The van der Waals surface area contributed by atoms with Crippen molar-refractivity contribution in [1.82, 2.24) is 9.80 Å². The van der Waals surface area contributed by atoms with E-state index in [4.69, 9.17) is 0 Å². The first-order valence-electron chi connectivity index (χ1n) is 5.04. The molecular formula is C10H12N2O4. The van der Waals surface area contributed by atoms with E-state index in [0.717, 1.165) is 9.80 Å². The van der Waals surface area contributed by atoms with Gasteiger partial charge < -0.3 is 0 Å². The van der Waals surface area contributed by atoms with Crippen LogP contribution in [0.5, 0.6) is 0 Å². The van der Waals surface area contributed by atoms with Gasteiger partial charge in [0, 0.05) is 26.9 Å². The molecule has 0 aromatic heterocycles. The van der Waals surface area contributed by atoms with E-state index in [1.807, 2.05) is 0 Å². The van der Waals surface area contributed by atoms with Crippen molar-refractivity contribution >= 4 is 23.6 Å². The fourth-order valence-corrected chi connectivity index (χ4v) is 2.20. The third kappa shape index (κ3) is 1.33. The van der Waals surface area contributed by atoms with Crippen LogP contribution in [0, 0.1) is 11.8 Å². The van der Waals surface area contributed by atoms with E-state index in [1.54, 1.807) is 0 Å². The monoisotopic (exact) mass is 224 g/mol. The van der Waals surface area contributed by atoms with Crippen LogP contribution in [-0.4, -0.2) is 47.5 Å². The summed E-state index contributed by atoms with van der Waals surface area (Å²) in [7, 11) is 2.77. The van der Waals surface area contributed by atoms with Crippen molar-refractivity contribution in [3.8, 4) is 0 Å². The molecule has 16 heavy (non-hydrogen) atoms. The number of carbonyl (C=O) groups is 4. The molecule has 2 atom stereocenters. The fourth-order valence-electron chi connectivity index (χ4n) is 2.20. The van der Waals surface area contributed by atoms with Crippen molar-refractivity contribution in [2.45, 2.75) is 12.8 Å². The summed E-state index contributed by atoms with van der Waals surface area (Å²) in [6, 6.07) is 0. The van der Waals surface area contributed by atoms with Crippen LogP contribution in [0.1, 0.15) is 12.8 Å². The van der Waals surface area contributed by atoms with Crippen molar-refractivity contribution in [1.29, 1.82) is 0 Å². The van der Waals surface area contributed by atoms with Gasteiger partial charge in [-0.1, -0.05) is 0 Å². The lowest BCUT2D eigenvalue weighted by atomic mass is 9.90. The number of nitrogens with zero attached hydrogens (tertiary/aromatic N) is 2. The Morgan fingerprint density at radius 2 is 1.19 bits per heavy atom. The van der Waals surface area contributed by atoms with Gasteiger partial charge in [-0.15, -0.1) is 0 Å². The smallest absolute Gasteiger partial charge is 0.233 e. The lowest BCUT2D eigenvalue weighted by molar-refractivity contribution is -0.146. The highest BCUT2D eigenvalue weighted by atomic mass is 16.2. The number of amides is 4. The van der Waals surface area contributed by atoms with Crippen LogP contribution < -0.4 is 0 Å². The number of fused-ring (bicyclic) bond motifs is 1. The van der Waals surface area contributed by atoms with E-state index < -0.39 is 23.7 Å². The summed E-state index contributed by atoms with van der Waals surface area (Å²) in [5, 5.41) is 0. The molecule has 0 aliphatic carbocycles. The highest BCUT2D eigenvalue weighted by molar-refractivity contribution is 6.10. The molecule has 2 heterocycles. The molecular weight excluding hydrogens is 212 g/mol. The molecule has 0 aromatic rings. The molecule has 2 saturated heterocycles. The third-order valence-electron chi connectivity index (χ3n) is 3.32. The van der Waals surface area contributed by atoms with Gasteiger partial charge in [-0.25, -0.2) is 0 Å². The van der Waals surface area contributed by atoms with Gasteiger partial charge in [0.05, 0.1) is 11.8 Å². The number of imide groups is 2. The van der Waals surface area contributed by atoms with Gasteiger partial charge >= 0.3 is 0 Å². The Kier molecular flexibility index (Phi) is 2.29. The first-order chi connectivity index (χ1) is 7.43. The van der Waals surface area contributed by atoms with Gasteiger partial charge in [0.25, 0.3) is 0 Å². The van der Waals surface area contributed by atoms with Gasteiger partial charge in [-0.05, 0) is 0 Å². The largest absolute Gasteiger partial charge is 0.286 e. The lowest BCUT2D eigenvalue weighted by Gasteiger charge is -2.13. The van der Waals surface area contributed by atoms with Crippen LogP contribution >= 0.6 is 0 Å². The Morgan fingerprint density at radius 3 is 1.56 bits per heavy atom. The zero-order valence-corrected chi connectivity index (χ0v) is 9.10. The van der Waals surface area contributed by atoms with Crippen LogP contribution in [0.4, 0.5) is 0 Å². The van der Waals surface area contributed by atoms with E-state index in [0.29, 0.717) is 0 Å². The van der Waals surface area contributed by atoms with Gasteiger partial charge in [0.2, 0.25) is 23.6 Å². The Morgan fingerprint density at radius 1 is 0.812 bits per heavy atom. The maximum absolute atomic E-state index is 11.7. The van der Waals surface area contributed by atoms with Crippen molar-refractivity contribution < 1.29 is 19.2 Å². The van der Waals surface area contributed by atoms with Crippen LogP contribution in [-0.2, 0) is 19.2 Å². The first-order valence-corrected chi connectivity index (χ1v) is 5.04. The maximum Gasteiger partial charge on any atom is 0.233 e. The normalized spacial score (nSPS) is 30.9. The molecule has 86 valence electrons. The highest BCUT2D eigenvalue weighted by Gasteiger charge is 2.49. The van der Waals surface area contributed by atoms with Crippen molar-refractivity contribution in [3.63, 3.8) is 0 Å². The quantitative estimate of drug-likeness (QED) is 0.494. The Hall–Kier alpha value is -1.72. The summed E-state index contributed by atoms with van der Waals surface area (Å²) >= 11 is 0. The average Bonchev–Trinajstić information content (AvgIpc) is 2.40. The molecule has 0 radical (unpaired) electrons. The van der Waals surface area contributed by atoms with E-state index in [1.165, 1.54) is 14.1 Å². The SMILES string of the molecule is CN1C(=O)CC2C(=O)N(C)C(=O)C2CC1=O. The van der Waals surface area contributed by atoms with Crippen molar-refractivity contribution in [2.24, 2.45) is 11.8 Å². The molecule has 4 amide bonds. The number of hydrogen-bond acceptors (Lipinski definition) is 4. The molecule has 2 rings (SSSR count). The van der Waals surface area contributed by atoms with Crippen LogP contribution in [0.25, 0.3) is 0 Å². The molecule has 6 nitrogen and oxygen atoms in total. The Labute approximate surface area is 92.2 Å². The predicted molar refractivity (Wildman–Crippen MR) is 51.8 cm³/mol. The average molecular weight is 224 g/mol. The summed E-state index contributed by atoms with van der Waals surface area (Å²) in [6.45, 7) is 0. The molecule has 0 bridgehead atoms. The topological polar surface area (TPSA) is 74.8 Å². The van der Waals surface area contributed by atoms with E-state index >= 15 is 0 Å². The molecule has 0 saturated carbocycles. The summed E-state index contributed by atoms with van der Waals surface area (Å²) in [5.74, 6) is -2.81. The highest BCUT2D eigenvalue weighted by Crippen LogP contribution is 2.33. The van der Waals surface area contributed by atoms with E-state index in [9.17, 15) is 19.2 Å². The van der Waals surface area contributed by atoms with Crippen molar-refractivity contribution in [3.05, 3.63) is 0 Å². The van der Waals surface area contributed by atoms with Crippen LogP contribution in [0.2, 0.25) is 0 Å². The molecule has 2 unspecified atom stereocenters. The second-order valence-corrected chi connectivity index (χ2v) is 4.20. The summed E-state index contributed by atoms with van der Waals surface area (Å²) in [6.07, 6.45) is -0.108. The molecule has 2 aliphatic rings. The molecule has 2 aliphatic heterocycles. The maximum atomic E-state index is 11.7. The van der Waals surface area contributed by atoms with E-state index in [2.05, 4.69) is 0 Å². The summed E-state index contributed by atoms with van der Waals surface area (Å²) in [4.78, 5) is 48.5. The zero-order valence-electron chi connectivity index (χ0n) is 9.10. The second kappa shape index (κ2) is 3.40. The van der Waals surface area contributed by atoms with Crippen molar-refractivity contribution in [2.75, 3.05) is 14.1 Å². The summed E-state index contributed by atoms with van der Waals surface area (Å²) in [5.41, 5.74) is 0. The van der Waals surface area contributed by atoms with Crippen LogP contribution in [0.3, 0.4) is 0 Å². The lowest BCUT2D eigenvalue weighted by Crippen LogP contribution is -2.34. The van der Waals surface area contributed by atoms with Gasteiger partial charge in [-0.2, -0.15) is 0 Å². The van der Waals surface area contributed by atoms with Crippen LogP contribution in [0.15, 0.2) is 0 Å². The number of rotatable bonds is 0. The van der Waals surface area contributed by atoms with Gasteiger partial charge in [0.15, 0.2) is 0 Å². The summed E-state index contributed by atoms with van der Waals surface area (Å²) < 4.78 is 0. The molecule has 6 heteroatoms. The predicted octanol–water partition coefficient (Wildman–Crippen LogP) is -1.00. The minimum absolute atomic E-state index is 0.0537. The molecule has 0 spiro atoms. The first kappa shape index (κ1) is 10.8. The second-order valence-electron chi connectivity index (χ2n) is 4.20. The fraction of sp³-hybridized carbons (Fsp3) is 0.600. The minimum atomic E-state index is -0.654. The third-order valence-corrected chi connectivity index (χ3v) is 3.32. The minimum Gasteiger partial charge on any atom is -0.286 e. The molecule has 2 fully saturated rings. The zero-order chi connectivity index (χ0) is 12.0. The van der Waals surface area contributed by atoms with Gasteiger partial charge in [-0.3, -0.25) is 29.0 Å². The number of carbonyl (C=O) groups excluding carboxylic acids is 4. The molecule has 0 aromatic carbocycles. The number of likely N-dealkylation sites (tertiary alicyclic amines) is 2. The Balaban J connectivity index is 2.35. The van der Waals surface area contributed by atoms with E-state index in [-0.39, 0.29) is 24.7 Å².